The molecule has 0 bridgehead atoms. The maximum absolute atomic E-state index is 13.5. The Hall–Kier alpha value is -1.75. The monoisotopic (exact) mass is 251 g/mol. The minimum atomic E-state index is -0.606. The van der Waals surface area contributed by atoms with E-state index < -0.39 is 17.7 Å². The molecule has 1 unspecified atom stereocenters. The van der Waals surface area contributed by atoms with Crippen molar-refractivity contribution in [3.8, 4) is 0 Å². The van der Waals surface area contributed by atoms with Gasteiger partial charge in [0.2, 0.25) is 0 Å². The summed E-state index contributed by atoms with van der Waals surface area (Å²) in [6.07, 6.45) is 4.06. The SMILES string of the molecule is CCn1cc(CC(N)c2ccc(F)cc2F)cn1. The van der Waals surface area contributed by atoms with Gasteiger partial charge in [0.05, 0.1) is 6.20 Å². The molecule has 0 aliphatic rings. The predicted octanol–water partition coefficient (Wildman–Crippen LogP) is 2.42. The minimum Gasteiger partial charge on any atom is -0.324 e. The molecule has 0 saturated carbocycles. The van der Waals surface area contributed by atoms with Crippen LogP contribution in [0.25, 0.3) is 0 Å². The van der Waals surface area contributed by atoms with Gasteiger partial charge in [0.25, 0.3) is 0 Å². The zero-order valence-corrected chi connectivity index (χ0v) is 10.1. The lowest BCUT2D eigenvalue weighted by Gasteiger charge is -2.11. The van der Waals surface area contributed by atoms with Gasteiger partial charge < -0.3 is 5.73 Å². The highest BCUT2D eigenvalue weighted by Gasteiger charge is 2.13. The van der Waals surface area contributed by atoms with Crippen LogP contribution < -0.4 is 5.73 Å². The number of rotatable bonds is 4. The number of halogens is 2. The highest BCUT2D eigenvalue weighted by Crippen LogP contribution is 2.19. The molecule has 1 aromatic carbocycles. The van der Waals surface area contributed by atoms with Gasteiger partial charge in [0.15, 0.2) is 0 Å². The number of aromatic nitrogens is 2. The average molecular weight is 251 g/mol. The zero-order valence-electron chi connectivity index (χ0n) is 10.1. The Balaban J connectivity index is 2.13. The van der Waals surface area contributed by atoms with Gasteiger partial charge in [-0.1, -0.05) is 6.07 Å². The van der Waals surface area contributed by atoms with Crippen LogP contribution in [-0.2, 0) is 13.0 Å². The normalized spacial score (nSPS) is 12.7. The van der Waals surface area contributed by atoms with Crippen LogP contribution in [0.3, 0.4) is 0 Å². The van der Waals surface area contributed by atoms with Crippen LogP contribution in [0.15, 0.2) is 30.6 Å². The molecule has 2 rings (SSSR count). The molecule has 0 amide bonds. The van der Waals surface area contributed by atoms with Gasteiger partial charge in [-0.25, -0.2) is 8.78 Å². The van der Waals surface area contributed by atoms with E-state index in [2.05, 4.69) is 5.10 Å². The lowest BCUT2D eigenvalue weighted by Crippen LogP contribution is -2.15. The molecular formula is C13H15F2N3. The van der Waals surface area contributed by atoms with Crippen LogP contribution >= 0.6 is 0 Å². The molecule has 5 heteroatoms. The van der Waals surface area contributed by atoms with Gasteiger partial charge in [-0.15, -0.1) is 0 Å². The van der Waals surface area contributed by atoms with E-state index in [4.69, 9.17) is 5.73 Å². The van der Waals surface area contributed by atoms with Crippen molar-refractivity contribution in [3.63, 3.8) is 0 Å². The van der Waals surface area contributed by atoms with E-state index in [0.29, 0.717) is 12.0 Å². The average Bonchev–Trinajstić information content (AvgIpc) is 2.76. The maximum atomic E-state index is 13.5. The lowest BCUT2D eigenvalue weighted by atomic mass is 10.0. The summed E-state index contributed by atoms with van der Waals surface area (Å²) in [4.78, 5) is 0. The first-order valence-electron chi connectivity index (χ1n) is 5.82. The zero-order chi connectivity index (χ0) is 13.1. The molecule has 1 heterocycles. The fourth-order valence-electron chi connectivity index (χ4n) is 1.85. The number of nitrogens with zero attached hydrogens (tertiary/aromatic N) is 2. The smallest absolute Gasteiger partial charge is 0.130 e. The molecule has 1 atom stereocenters. The fraction of sp³-hybridized carbons (Fsp3) is 0.308. The topological polar surface area (TPSA) is 43.8 Å². The van der Waals surface area contributed by atoms with Crippen molar-refractivity contribution in [1.29, 1.82) is 0 Å². The molecule has 18 heavy (non-hydrogen) atoms. The minimum absolute atomic E-state index is 0.320. The molecule has 3 nitrogen and oxygen atoms in total. The molecule has 0 spiro atoms. The Morgan fingerprint density at radius 1 is 1.39 bits per heavy atom. The van der Waals surface area contributed by atoms with Crippen molar-refractivity contribution in [2.45, 2.75) is 25.9 Å². The summed E-state index contributed by atoms with van der Waals surface area (Å²) in [7, 11) is 0. The lowest BCUT2D eigenvalue weighted by molar-refractivity contribution is 0.554. The first kappa shape index (κ1) is 12.7. The van der Waals surface area contributed by atoms with Crippen molar-refractivity contribution in [2.24, 2.45) is 5.73 Å². The quantitative estimate of drug-likeness (QED) is 0.907. The number of aryl methyl sites for hydroxylation is 1. The third-order valence-electron chi connectivity index (χ3n) is 2.83. The third kappa shape index (κ3) is 2.73. The second-order valence-electron chi connectivity index (χ2n) is 4.18. The first-order valence-corrected chi connectivity index (χ1v) is 5.82. The summed E-state index contributed by atoms with van der Waals surface area (Å²) >= 11 is 0. The molecule has 0 radical (unpaired) electrons. The van der Waals surface area contributed by atoms with Crippen LogP contribution in [0, 0.1) is 11.6 Å². The van der Waals surface area contributed by atoms with Crippen LogP contribution in [-0.4, -0.2) is 9.78 Å². The van der Waals surface area contributed by atoms with Crippen molar-refractivity contribution in [1.82, 2.24) is 9.78 Å². The molecule has 0 fully saturated rings. The number of benzene rings is 1. The van der Waals surface area contributed by atoms with E-state index >= 15 is 0 Å². The highest BCUT2D eigenvalue weighted by atomic mass is 19.1. The number of hydrogen-bond acceptors (Lipinski definition) is 2. The molecule has 0 aliphatic heterocycles. The molecule has 0 saturated heterocycles. The van der Waals surface area contributed by atoms with E-state index in [1.807, 2.05) is 13.1 Å². The Bertz CT molecular complexity index is 537. The van der Waals surface area contributed by atoms with E-state index in [1.54, 1.807) is 10.9 Å². The first-order chi connectivity index (χ1) is 8.60. The van der Waals surface area contributed by atoms with Gasteiger partial charge in [0, 0.05) is 30.4 Å². The summed E-state index contributed by atoms with van der Waals surface area (Å²) < 4.78 is 28.1. The van der Waals surface area contributed by atoms with Gasteiger partial charge in [-0.3, -0.25) is 4.68 Å². The van der Waals surface area contributed by atoms with Crippen molar-refractivity contribution in [3.05, 3.63) is 53.4 Å². The van der Waals surface area contributed by atoms with Gasteiger partial charge in [0.1, 0.15) is 11.6 Å². The largest absolute Gasteiger partial charge is 0.324 e. The van der Waals surface area contributed by atoms with E-state index in [-0.39, 0.29) is 0 Å². The van der Waals surface area contributed by atoms with Gasteiger partial charge >= 0.3 is 0 Å². The molecule has 2 N–H and O–H groups in total. The fourth-order valence-corrected chi connectivity index (χ4v) is 1.85. The van der Waals surface area contributed by atoms with Crippen LogP contribution in [0.2, 0.25) is 0 Å². The Kier molecular flexibility index (Phi) is 3.72. The van der Waals surface area contributed by atoms with Crippen LogP contribution in [0.1, 0.15) is 24.1 Å². The standard InChI is InChI=1S/C13H15F2N3/c1-2-18-8-9(7-17-18)5-13(16)11-4-3-10(14)6-12(11)15/h3-4,6-8,13H,2,5,16H2,1H3. The van der Waals surface area contributed by atoms with Gasteiger partial charge in [-0.05, 0) is 25.0 Å². The summed E-state index contributed by atoms with van der Waals surface area (Å²) in [5.74, 6) is -1.20. The molecular weight excluding hydrogens is 236 g/mol. The Labute approximate surface area is 104 Å². The highest BCUT2D eigenvalue weighted by molar-refractivity contribution is 5.23. The van der Waals surface area contributed by atoms with Crippen molar-refractivity contribution >= 4 is 0 Å². The predicted molar refractivity (Wildman–Crippen MR) is 64.9 cm³/mol. The van der Waals surface area contributed by atoms with E-state index in [9.17, 15) is 8.78 Å². The summed E-state index contributed by atoms with van der Waals surface area (Å²) in [5, 5.41) is 4.13. The molecule has 1 aromatic heterocycles. The van der Waals surface area contributed by atoms with E-state index in [0.717, 1.165) is 18.2 Å². The Morgan fingerprint density at radius 3 is 2.78 bits per heavy atom. The van der Waals surface area contributed by atoms with Crippen LogP contribution in [0.4, 0.5) is 8.78 Å². The maximum Gasteiger partial charge on any atom is 0.130 e. The number of nitrogens with two attached hydrogens (primary N) is 1. The Morgan fingerprint density at radius 2 is 2.17 bits per heavy atom. The van der Waals surface area contributed by atoms with E-state index in [1.165, 1.54) is 12.1 Å². The number of hydrogen-bond donors (Lipinski definition) is 1. The summed E-state index contributed by atoms with van der Waals surface area (Å²) in [6.45, 7) is 2.76. The summed E-state index contributed by atoms with van der Waals surface area (Å²) in [6, 6.07) is 2.96. The second-order valence-corrected chi connectivity index (χ2v) is 4.18. The van der Waals surface area contributed by atoms with Gasteiger partial charge in [-0.2, -0.15) is 5.10 Å². The molecule has 2 aromatic rings. The van der Waals surface area contributed by atoms with Crippen LogP contribution in [0.5, 0.6) is 0 Å². The summed E-state index contributed by atoms with van der Waals surface area (Å²) in [5.41, 5.74) is 7.19. The van der Waals surface area contributed by atoms with Crippen molar-refractivity contribution in [2.75, 3.05) is 0 Å². The third-order valence-corrected chi connectivity index (χ3v) is 2.83. The molecule has 96 valence electrons. The molecule has 0 aliphatic carbocycles. The second kappa shape index (κ2) is 5.27. The van der Waals surface area contributed by atoms with Crippen molar-refractivity contribution < 1.29 is 8.78 Å².